The molecule has 1 aliphatic heterocycles. The SMILES string of the molecule is CC1(C)C(=O)N(Cc2cc(N)cc(F)c2)S1(=O)=O. The Balaban J connectivity index is 2.29. The van der Waals surface area contributed by atoms with Gasteiger partial charge in [0.15, 0.2) is 4.75 Å². The van der Waals surface area contributed by atoms with Gasteiger partial charge >= 0.3 is 0 Å². The number of nitrogen functional groups attached to an aromatic ring is 1. The lowest BCUT2D eigenvalue weighted by Crippen LogP contribution is -2.66. The molecule has 1 fully saturated rings. The predicted octanol–water partition coefficient (Wildman–Crippen LogP) is 0.859. The summed E-state index contributed by atoms with van der Waals surface area (Å²) in [4.78, 5) is 11.7. The summed E-state index contributed by atoms with van der Waals surface area (Å²) in [6.07, 6.45) is 0. The third kappa shape index (κ3) is 1.66. The molecule has 0 saturated carbocycles. The molecule has 0 radical (unpaired) electrons. The van der Waals surface area contributed by atoms with E-state index in [0.29, 0.717) is 5.56 Å². The highest BCUT2D eigenvalue weighted by Gasteiger charge is 2.59. The number of hydrogen-bond donors (Lipinski definition) is 1. The molecule has 1 amide bonds. The third-order valence-electron chi connectivity index (χ3n) is 2.98. The molecule has 2 rings (SSSR count). The molecule has 98 valence electrons. The molecule has 1 saturated heterocycles. The minimum Gasteiger partial charge on any atom is -0.399 e. The highest BCUT2D eigenvalue weighted by atomic mass is 32.2. The first-order valence-electron chi connectivity index (χ1n) is 5.28. The molecule has 5 nitrogen and oxygen atoms in total. The first-order chi connectivity index (χ1) is 8.16. The van der Waals surface area contributed by atoms with Crippen LogP contribution >= 0.6 is 0 Å². The average Bonchev–Trinajstić information content (AvgIpc) is 2.23. The lowest BCUT2D eigenvalue weighted by molar-refractivity contribution is -0.132. The van der Waals surface area contributed by atoms with E-state index in [4.69, 9.17) is 5.73 Å². The van der Waals surface area contributed by atoms with Crippen molar-refractivity contribution in [1.29, 1.82) is 0 Å². The van der Waals surface area contributed by atoms with Gasteiger partial charge in [-0.1, -0.05) is 0 Å². The number of hydrogen-bond acceptors (Lipinski definition) is 4. The van der Waals surface area contributed by atoms with Gasteiger partial charge in [-0.3, -0.25) is 4.79 Å². The molecule has 0 bridgehead atoms. The quantitative estimate of drug-likeness (QED) is 0.810. The molecule has 18 heavy (non-hydrogen) atoms. The molecule has 7 heteroatoms. The average molecular weight is 272 g/mol. The number of rotatable bonds is 2. The summed E-state index contributed by atoms with van der Waals surface area (Å²) in [5, 5.41) is 0. The first kappa shape index (κ1) is 12.8. The minimum absolute atomic E-state index is 0.188. The summed E-state index contributed by atoms with van der Waals surface area (Å²) in [6.45, 7) is 2.51. The Morgan fingerprint density at radius 3 is 2.44 bits per heavy atom. The van der Waals surface area contributed by atoms with Crippen LogP contribution in [0.15, 0.2) is 18.2 Å². The Kier molecular flexibility index (Phi) is 2.62. The number of anilines is 1. The maximum atomic E-state index is 13.1. The highest BCUT2D eigenvalue weighted by molar-refractivity contribution is 7.94. The molecule has 0 atom stereocenters. The van der Waals surface area contributed by atoms with Crippen molar-refractivity contribution in [2.24, 2.45) is 0 Å². The topological polar surface area (TPSA) is 80.5 Å². The standard InChI is InChI=1S/C11H13FN2O3S/c1-11(2)10(15)14(18(11,16)17)6-7-3-8(12)5-9(13)4-7/h3-5H,6,13H2,1-2H3. The van der Waals surface area contributed by atoms with E-state index in [-0.39, 0.29) is 12.2 Å². The number of sulfonamides is 1. The fourth-order valence-electron chi connectivity index (χ4n) is 1.85. The van der Waals surface area contributed by atoms with Crippen LogP contribution in [-0.2, 0) is 21.4 Å². The van der Waals surface area contributed by atoms with Gasteiger partial charge in [0.1, 0.15) is 5.82 Å². The normalized spacial score (nSPS) is 20.6. The van der Waals surface area contributed by atoms with E-state index in [1.54, 1.807) is 0 Å². The van der Waals surface area contributed by atoms with Gasteiger partial charge in [-0.15, -0.1) is 0 Å². The van der Waals surface area contributed by atoms with Crippen LogP contribution in [0.5, 0.6) is 0 Å². The Morgan fingerprint density at radius 1 is 1.33 bits per heavy atom. The van der Waals surface area contributed by atoms with Crippen molar-refractivity contribution < 1.29 is 17.6 Å². The zero-order valence-corrected chi connectivity index (χ0v) is 10.8. The van der Waals surface area contributed by atoms with Crippen LogP contribution < -0.4 is 5.73 Å². The number of benzene rings is 1. The Labute approximate surface area is 104 Å². The van der Waals surface area contributed by atoms with Crippen molar-refractivity contribution in [2.45, 2.75) is 25.1 Å². The smallest absolute Gasteiger partial charge is 0.259 e. The van der Waals surface area contributed by atoms with Gasteiger partial charge in [0.2, 0.25) is 0 Å². The van der Waals surface area contributed by atoms with Gasteiger partial charge in [0.05, 0.1) is 6.54 Å². The summed E-state index contributed by atoms with van der Waals surface area (Å²) in [6, 6.07) is 3.72. The monoisotopic (exact) mass is 272 g/mol. The molecule has 1 aliphatic rings. The van der Waals surface area contributed by atoms with Crippen molar-refractivity contribution in [1.82, 2.24) is 4.31 Å². The lowest BCUT2D eigenvalue weighted by Gasteiger charge is -2.43. The van der Waals surface area contributed by atoms with Gasteiger partial charge < -0.3 is 5.73 Å². The van der Waals surface area contributed by atoms with Gasteiger partial charge in [-0.2, -0.15) is 0 Å². The minimum atomic E-state index is -3.65. The Morgan fingerprint density at radius 2 is 1.94 bits per heavy atom. The van der Waals surface area contributed by atoms with Crippen molar-refractivity contribution in [3.8, 4) is 0 Å². The van der Waals surface area contributed by atoms with Gasteiger partial charge in [-0.05, 0) is 37.6 Å². The molecule has 1 heterocycles. The van der Waals surface area contributed by atoms with Gasteiger partial charge in [-0.25, -0.2) is 17.1 Å². The molecular weight excluding hydrogens is 259 g/mol. The summed E-state index contributed by atoms with van der Waals surface area (Å²) in [5.41, 5.74) is 5.99. The van der Waals surface area contributed by atoms with E-state index < -0.39 is 26.5 Å². The largest absolute Gasteiger partial charge is 0.399 e. The van der Waals surface area contributed by atoms with E-state index in [2.05, 4.69) is 0 Å². The fraction of sp³-hybridized carbons (Fsp3) is 0.364. The number of carbonyl (C=O) groups excluding carboxylic acids is 1. The maximum absolute atomic E-state index is 13.1. The van der Waals surface area contributed by atoms with E-state index in [1.165, 1.54) is 19.9 Å². The number of nitrogens with zero attached hydrogens (tertiary/aromatic N) is 1. The van der Waals surface area contributed by atoms with E-state index in [0.717, 1.165) is 16.4 Å². The van der Waals surface area contributed by atoms with Crippen LogP contribution in [-0.4, -0.2) is 23.4 Å². The number of halogens is 1. The second-order valence-electron chi connectivity index (χ2n) is 4.72. The van der Waals surface area contributed by atoms with E-state index >= 15 is 0 Å². The number of nitrogens with two attached hydrogens (primary N) is 1. The zero-order chi connectivity index (χ0) is 13.7. The van der Waals surface area contributed by atoms with Crippen molar-refractivity contribution >= 4 is 21.6 Å². The van der Waals surface area contributed by atoms with Crippen LogP contribution in [0.25, 0.3) is 0 Å². The molecule has 2 N–H and O–H groups in total. The lowest BCUT2D eigenvalue weighted by atomic mass is 10.1. The van der Waals surface area contributed by atoms with Crippen LogP contribution in [0.3, 0.4) is 0 Å². The molecule has 1 aromatic rings. The van der Waals surface area contributed by atoms with E-state index in [9.17, 15) is 17.6 Å². The Hall–Kier alpha value is -1.63. The second-order valence-corrected chi connectivity index (χ2v) is 7.13. The highest BCUT2D eigenvalue weighted by Crippen LogP contribution is 2.36. The summed E-state index contributed by atoms with van der Waals surface area (Å²) in [5.74, 6) is -1.06. The molecule has 0 aromatic heterocycles. The maximum Gasteiger partial charge on any atom is 0.259 e. The van der Waals surface area contributed by atoms with Crippen molar-refractivity contribution in [3.63, 3.8) is 0 Å². The van der Waals surface area contributed by atoms with Crippen LogP contribution in [0.1, 0.15) is 19.4 Å². The second kappa shape index (κ2) is 3.68. The third-order valence-corrected chi connectivity index (χ3v) is 5.32. The summed E-state index contributed by atoms with van der Waals surface area (Å²) < 4.78 is 36.1. The number of carbonyl (C=O) groups is 1. The Bertz CT molecular complexity index is 605. The molecule has 0 unspecified atom stereocenters. The van der Waals surface area contributed by atoms with E-state index in [1.807, 2.05) is 0 Å². The predicted molar refractivity (Wildman–Crippen MR) is 64.4 cm³/mol. The first-order valence-corrected chi connectivity index (χ1v) is 6.72. The fourth-order valence-corrected chi connectivity index (χ4v) is 3.36. The molecular formula is C11H13FN2O3S. The van der Waals surface area contributed by atoms with Crippen molar-refractivity contribution in [2.75, 3.05) is 5.73 Å². The molecule has 0 spiro atoms. The molecule has 1 aromatic carbocycles. The zero-order valence-electron chi connectivity index (χ0n) is 9.97. The van der Waals surface area contributed by atoms with Crippen LogP contribution in [0.2, 0.25) is 0 Å². The summed E-state index contributed by atoms with van der Waals surface area (Å²) >= 11 is 0. The van der Waals surface area contributed by atoms with Crippen LogP contribution in [0.4, 0.5) is 10.1 Å². The van der Waals surface area contributed by atoms with Gasteiger partial charge in [0, 0.05) is 5.69 Å². The summed E-state index contributed by atoms with van der Waals surface area (Å²) in [7, 11) is -3.65. The van der Waals surface area contributed by atoms with Crippen LogP contribution in [0, 0.1) is 5.82 Å². The number of amides is 1. The van der Waals surface area contributed by atoms with Gasteiger partial charge in [0.25, 0.3) is 15.9 Å². The van der Waals surface area contributed by atoms with Crippen molar-refractivity contribution in [3.05, 3.63) is 29.6 Å². The molecule has 0 aliphatic carbocycles.